The standard InChI is InChI=1S/C17H14INO5/c18-9-2-1-3-10(8-9)19-14(20)12-11-4-5-17(24-11,13(12)15(19)21)16-22-6-7-23-16/h1-5,8,11-13,16H,6-7H2/t11-,12-,13-,17-/m1/s1. The van der Waals surface area contributed by atoms with Crippen molar-refractivity contribution in [2.45, 2.75) is 18.0 Å². The fourth-order valence-electron chi connectivity index (χ4n) is 4.20. The van der Waals surface area contributed by atoms with Crippen molar-refractivity contribution in [2.75, 3.05) is 18.1 Å². The van der Waals surface area contributed by atoms with Gasteiger partial charge >= 0.3 is 0 Å². The predicted octanol–water partition coefficient (Wildman–Crippen LogP) is 1.48. The first-order valence-corrected chi connectivity index (χ1v) is 8.93. The smallest absolute Gasteiger partial charge is 0.241 e. The molecule has 3 fully saturated rings. The Kier molecular flexibility index (Phi) is 3.19. The van der Waals surface area contributed by atoms with E-state index in [1.807, 2.05) is 30.4 Å². The first-order chi connectivity index (χ1) is 11.6. The van der Waals surface area contributed by atoms with Crippen LogP contribution in [0, 0.1) is 15.4 Å². The lowest BCUT2D eigenvalue weighted by molar-refractivity contribution is -0.180. The van der Waals surface area contributed by atoms with E-state index in [0.717, 1.165) is 3.57 Å². The number of carbonyl (C=O) groups excluding carboxylic acids is 2. The van der Waals surface area contributed by atoms with E-state index in [-0.39, 0.29) is 11.8 Å². The van der Waals surface area contributed by atoms with Gasteiger partial charge in [0.25, 0.3) is 0 Å². The van der Waals surface area contributed by atoms with Crippen LogP contribution in [-0.2, 0) is 23.8 Å². The zero-order valence-electron chi connectivity index (χ0n) is 12.6. The predicted molar refractivity (Wildman–Crippen MR) is 91.1 cm³/mol. The van der Waals surface area contributed by atoms with Gasteiger partial charge < -0.3 is 14.2 Å². The Morgan fingerprint density at radius 2 is 1.96 bits per heavy atom. The van der Waals surface area contributed by atoms with Crippen molar-refractivity contribution in [3.63, 3.8) is 0 Å². The Balaban J connectivity index is 1.57. The number of carbonyl (C=O) groups is 2. The van der Waals surface area contributed by atoms with Crippen LogP contribution in [0.25, 0.3) is 0 Å². The van der Waals surface area contributed by atoms with Crippen LogP contribution in [0.2, 0.25) is 0 Å². The third-order valence-electron chi connectivity index (χ3n) is 5.13. The number of amides is 2. The Bertz CT molecular complexity index is 774. The molecule has 0 radical (unpaired) electrons. The highest BCUT2D eigenvalue weighted by molar-refractivity contribution is 14.1. The molecular formula is C17H14INO5. The van der Waals surface area contributed by atoms with Crippen molar-refractivity contribution in [3.05, 3.63) is 40.0 Å². The summed E-state index contributed by atoms with van der Waals surface area (Å²) in [6, 6.07) is 7.38. The zero-order chi connectivity index (χ0) is 16.5. The average Bonchev–Trinajstić information content (AvgIpc) is 3.31. The van der Waals surface area contributed by atoms with E-state index >= 15 is 0 Å². The van der Waals surface area contributed by atoms with Gasteiger partial charge in [-0.2, -0.15) is 0 Å². The molecule has 2 amide bonds. The van der Waals surface area contributed by atoms with Crippen molar-refractivity contribution in [3.8, 4) is 0 Å². The molecule has 124 valence electrons. The number of rotatable bonds is 2. The molecular weight excluding hydrogens is 425 g/mol. The van der Waals surface area contributed by atoms with Crippen LogP contribution in [0.5, 0.6) is 0 Å². The molecule has 7 heteroatoms. The fourth-order valence-corrected chi connectivity index (χ4v) is 4.72. The average molecular weight is 439 g/mol. The Morgan fingerprint density at radius 3 is 2.71 bits per heavy atom. The second kappa shape index (κ2) is 5.10. The molecule has 0 N–H and O–H groups in total. The number of nitrogens with zero attached hydrogens (tertiary/aromatic N) is 1. The van der Waals surface area contributed by atoms with Crippen molar-refractivity contribution >= 4 is 40.1 Å². The van der Waals surface area contributed by atoms with Crippen LogP contribution in [0.1, 0.15) is 0 Å². The number of anilines is 1. The van der Waals surface area contributed by atoms with Gasteiger partial charge in [0.05, 0.1) is 36.8 Å². The van der Waals surface area contributed by atoms with Crippen LogP contribution in [0.4, 0.5) is 5.69 Å². The summed E-state index contributed by atoms with van der Waals surface area (Å²) < 4.78 is 18.3. The van der Waals surface area contributed by atoms with Gasteiger partial charge in [0.15, 0.2) is 11.9 Å². The highest BCUT2D eigenvalue weighted by atomic mass is 127. The summed E-state index contributed by atoms with van der Waals surface area (Å²) in [5.74, 6) is -1.55. The van der Waals surface area contributed by atoms with Gasteiger partial charge in [-0.05, 0) is 46.9 Å². The lowest BCUT2D eigenvalue weighted by Gasteiger charge is -2.32. The molecule has 2 bridgehead atoms. The fraction of sp³-hybridized carbons (Fsp3) is 0.412. The first kappa shape index (κ1) is 15.0. The summed E-state index contributed by atoms with van der Waals surface area (Å²) in [6.45, 7) is 0.933. The minimum absolute atomic E-state index is 0.207. The molecule has 0 unspecified atom stereocenters. The van der Waals surface area contributed by atoms with E-state index in [4.69, 9.17) is 14.2 Å². The zero-order valence-corrected chi connectivity index (χ0v) is 14.7. The van der Waals surface area contributed by atoms with E-state index < -0.39 is 29.8 Å². The van der Waals surface area contributed by atoms with E-state index in [0.29, 0.717) is 18.9 Å². The molecule has 0 aliphatic carbocycles. The van der Waals surface area contributed by atoms with Crippen LogP contribution < -0.4 is 4.90 Å². The molecule has 24 heavy (non-hydrogen) atoms. The lowest BCUT2D eigenvalue weighted by atomic mass is 9.76. The van der Waals surface area contributed by atoms with E-state index in [1.54, 1.807) is 6.07 Å². The molecule has 5 rings (SSSR count). The monoisotopic (exact) mass is 439 g/mol. The maximum Gasteiger partial charge on any atom is 0.241 e. The quantitative estimate of drug-likeness (QED) is 0.397. The molecule has 3 saturated heterocycles. The third kappa shape index (κ3) is 1.81. The molecule has 4 aliphatic rings. The van der Waals surface area contributed by atoms with Gasteiger partial charge in [-0.1, -0.05) is 12.1 Å². The Labute approximate surface area is 151 Å². The second-order valence-electron chi connectivity index (χ2n) is 6.36. The molecule has 0 aromatic heterocycles. The summed E-state index contributed by atoms with van der Waals surface area (Å²) in [5.41, 5.74) is -0.385. The summed E-state index contributed by atoms with van der Waals surface area (Å²) in [4.78, 5) is 27.4. The number of benzene rings is 1. The normalized spacial score (nSPS) is 37.7. The van der Waals surface area contributed by atoms with Crippen molar-refractivity contribution in [1.82, 2.24) is 0 Å². The Morgan fingerprint density at radius 1 is 1.17 bits per heavy atom. The van der Waals surface area contributed by atoms with Gasteiger partial charge in [-0.3, -0.25) is 9.59 Å². The van der Waals surface area contributed by atoms with Gasteiger partial charge in [0, 0.05) is 3.57 Å². The molecule has 1 aromatic rings. The largest absolute Gasteiger partial charge is 0.357 e. The number of halogens is 1. The van der Waals surface area contributed by atoms with Crippen molar-refractivity contribution < 1.29 is 23.8 Å². The third-order valence-corrected chi connectivity index (χ3v) is 5.81. The highest BCUT2D eigenvalue weighted by Gasteiger charge is 2.71. The number of imide groups is 1. The van der Waals surface area contributed by atoms with Gasteiger partial charge in [0.1, 0.15) is 0 Å². The minimum Gasteiger partial charge on any atom is -0.357 e. The Hall–Kier alpha value is -1.29. The van der Waals surface area contributed by atoms with Crippen LogP contribution in [0.15, 0.2) is 36.4 Å². The van der Waals surface area contributed by atoms with E-state index in [1.165, 1.54) is 4.90 Å². The first-order valence-electron chi connectivity index (χ1n) is 7.85. The van der Waals surface area contributed by atoms with E-state index in [2.05, 4.69) is 22.6 Å². The summed E-state index contributed by atoms with van der Waals surface area (Å²) in [6.07, 6.45) is 2.67. The van der Waals surface area contributed by atoms with Crippen LogP contribution in [0.3, 0.4) is 0 Å². The van der Waals surface area contributed by atoms with Crippen LogP contribution >= 0.6 is 22.6 Å². The molecule has 4 aliphatic heterocycles. The minimum atomic E-state index is -0.991. The molecule has 4 atom stereocenters. The SMILES string of the molecule is O=C1[C@@H]2[C@H]3C=C[C@@](C4OCCO4)(O3)[C@H]2C(=O)N1c1cccc(I)c1. The summed E-state index contributed by atoms with van der Waals surface area (Å²) >= 11 is 2.17. The van der Waals surface area contributed by atoms with Crippen LogP contribution in [-0.4, -0.2) is 43.0 Å². The number of fused-ring (bicyclic) bond motifs is 5. The van der Waals surface area contributed by atoms with Gasteiger partial charge in [-0.25, -0.2) is 4.90 Å². The lowest BCUT2D eigenvalue weighted by Crippen LogP contribution is -2.49. The van der Waals surface area contributed by atoms with Crippen molar-refractivity contribution in [1.29, 1.82) is 0 Å². The number of hydrogen-bond donors (Lipinski definition) is 0. The second-order valence-corrected chi connectivity index (χ2v) is 7.61. The maximum absolute atomic E-state index is 13.1. The maximum atomic E-state index is 13.1. The summed E-state index contributed by atoms with van der Waals surface area (Å²) in [5, 5.41) is 0. The van der Waals surface area contributed by atoms with Gasteiger partial charge in [0.2, 0.25) is 11.8 Å². The van der Waals surface area contributed by atoms with E-state index in [9.17, 15) is 9.59 Å². The number of ether oxygens (including phenoxy) is 3. The highest BCUT2D eigenvalue weighted by Crippen LogP contribution is 2.55. The molecule has 6 nitrogen and oxygen atoms in total. The molecule has 0 spiro atoms. The van der Waals surface area contributed by atoms with Crippen molar-refractivity contribution in [2.24, 2.45) is 11.8 Å². The van der Waals surface area contributed by atoms with Gasteiger partial charge in [-0.15, -0.1) is 0 Å². The number of hydrogen-bond acceptors (Lipinski definition) is 5. The summed E-state index contributed by atoms with van der Waals surface area (Å²) in [7, 11) is 0. The molecule has 0 saturated carbocycles. The molecule has 4 heterocycles. The topological polar surface area (TPSA) is 65.1 Å². The molecule has 1 aromatic carbocycles.